The number of nitrogens with one attached hydrogen (secondary N) is 1. The molecule has 1 fully saturated rings. The van der Waals surface area contributed by atoms with Crippen molar-refractivity contribution in [3.8, 4) is 0 Å². The number of aromatic amines is 1. The van der Waals surface area contributed by atoms with Crippen LogP contribution in [0.1, 0.15) is 29.3 Å². The number of amides is 1. The second kappa shape index (κ2) is 5.47. The molecule has 0 unspecified atom stereocenters. The summed E-state index contributed by atoms with van der Waals surface area (Å²) in [6, 6.07) is 6.80. The number of carbonyl (C=O) groups excluding carboxylic acids is 1. The third-order valence-corrected chi connectivity index (χ3v) is 4.52. The first-order chi connectivity index (χ1) is 10.8. The first-order valence-electron chi connectivity index (χ1n) is 7.61. The molecule has 0 saturated carbocycles. The normalized spacial score (nSPS) is 24.9. The maximum atomic E-state index is 12.8. The van der Waals surface area contributed by atoms with Gasteiger partial charge in [-0.25, -0.2) is 0 Å². The summed E-state index contributed by atoms with van der Waals surface area (Å²) < 4.78 is 0. The first kappa shape index (κ1) is 15.7. The molecule has 1 aromatic carbocycles. The average molecular weight is 316 g/mol. The molecule has 0 bridgehead atoms. The van der Waals surface area contributed by atoms with Gasteiger partial charge in [0.2, 0.25) is 5.56 Å². The molecule has 0 aliphatic carbocycles. The number of likely N-dealkylation sites (tertiary alicyclic amines) is 1. The zero-order valence-electron chi connectivity index (χ0n) is 13.2. The van der Waals surface area contributed by atoms with Crippen molar-refractivity contribution >= 4 is 16.8 Å². The van der Waals surface area contributed by atoms with Crippen LogP contribution in [-0.4, -0.2) is 50.8 Å². The summed E-state index contributed by atoms with van der Waals surface area (Å²) in [6.07, 6.45) is -0.713. The number of fused-ring (bicyclic) bond motifs is 1. The maximum absolute atomic E-state index is 12.8. The van der Waals surface area contributed by atoms with E-state index in [2.05, 4.69) is 4.98 Å². The molecule has 0 radical (unpaired) electrons. The number of hydrogen-bond donors (Lipinski definition) is 3. The predicted molar refractivity (Wildman–Crippen MR) is 86.5 cm³/mol. The fraction of sp³-hybridized carbons (Fsp3) is 0.412. The molecule has 2 atom stereocenters. The topological polar surface area (TPSA) is 93.6 Å². The number of piperidine rings is 1. The molecule has 1 aliphatic heterocycles. The van der Waals surface area contributed by atoms with Crippen molar-refractivity contribution in [3.63, 3.8) is 0 Å². The number of H-pyrrole nitrogens is 1. The minimum Gasteiger partial charge on any atom is -0.388 e. The molecule has 3 N–H and O–H groups in total. The molecule has 23 heavy (non-hydrogen) atoms. The monoisotopic (exact) mass is 316 g/mol. The zero-order valence-corrected chi connectivity index (χ0v) is 13.2. The summed E-state index contributed by atoms with van der Waals surface area (Å²) in [5, 5.41) is 20.7. The van der Waals surface area contributed by atoms with Gasteiger partial charge >= 0.3 is 0 Å². The fourth-order valence-corrected chi connectivity index (χ4v) is 2.92. The van der Waals surface area contributed by atoms with Gasteiger partial charge in [-0.2, -0.15) is 0 Å². The van der Waals surface area contributed by atoms with E-state index in [4.69, 9.17) is 0 Å². The second-order valence-corrected chi connectivity index (χ2v) is 6.47. The van der Waals surface area contributed by atoms with E-state index in [-0.39, 0.29) is 18.0 Å². The Morgan fingerprint density at radius 2 is 2.13 bits per heavy atom. The van der Waals surface area contributed by atoms with E-state index >= 15 is 0 Å². The third-order valence-electron chi connectivity index (χ3n) is 4.52. The van der Waals surface area contributed by atoms with Crippen LogP contribution in [0.15, 0.2) is 29.1 Å². The molecule has 2 heterocycles. The highest BCUT2D eigenvalue weighted by Gasteiger charge is 2.38. The van der Waals surface area contributed by atoms with E-state index in [9.17, 15) is 19.8 Å². The number of nitrogens with zero attached hydrogens (tertiary/aromatic N) is 1. The molecule has 0 spiro atoms. The van der Waals surface area contributed by atoms with Gasteiger partial charge in [0.25, 0.3) is 5.91 Å². The lowest BCUT2D eigenvalue weighted by Gasteiger charge is -2.40. The molecular weight excluding hydrogens is 296 g/mol. The molecule has 1 amide bonds. The zero-order chi connectivity index (χ0) is 16.8. The summed E-state index contributed by atoms with van der Waals surface area (Å²) >= 11 is 0. The number of aromatic nitrogens is 1. The van der Waals surface area contributed by atoms with Gasteiger partial charge in [-0.15, -0.1) is 0 Å². The summed E-state index contributed by atoms with van der Waals surface area (Å²) in [5.41, 5.74) is 0.385. The number of β-amino-alcohol motifs (C(OH)–C–C–N with tert-alkyl or cyclic N) is 1. The summed E-state index contributed by atoms with van der Waals surface area (Å²) in [6.45, 7) is 3.86. The van der Waals surface area contributed by atoms with Crippen molar-refractivity contribution in [2.75, 3.05) is 13.1 Å². The van der Waals surface area contributed by atoms with E-state index in [1.165, 1.54) is 11.0 Å². The van der Waals surface area contributed by atoms with E-state index < -0.39 is 11.7 Å². The molecule has 1 aromatic heterocycles. The minimum absolute atomic E-state index is 0.0476. The number of aryl methyl sites for hydroxylation is 1. The predicted octanol–water partition coefficient (Wildman–Crippen LogP) is 0.794. The number of rotatable bonds is 1. The molecule has 6 nitrogen and oxygen atoms in total. The number of benzene rings is 1. The van der Waals surface area contributed by atoms with Gasteiger partial charge in [-0.3, -0.25) is 9.59 Å². The smallest absolute Gasteiger partial charge is 0.254 e. The Bertz CT molecular complexity index is 825. The Labute approximate surface area is 133 Å². The van der Waals surface area contributed by atoms with Crippen molar-refractivity contribution in [2.45, 2.75) is 32.0 Å². The molecule has 1 saturated heterocycles. The van der Waals surface area contributed by atoms with Crippen LogP contribution in [0.5, 0.6) is 0 Å². The van der Waals surface area contributed by atoms with Gasteiger partial charge in [0.15, 0.2) is 0 Å². The van der Waals surface area contributed by atoms with Gasteiger partial charge in [-0.05, 0) is 32.4 Å². The van der Waals surface area contributed by atoms with Crippen LogP contribution in [0, 0.1) is 6.92 Å². The fourth-order valence-electron chi connectivity index (χ4n) is 2.92. The lowest BCUT2D eigenvalue weighted by atomic mass is 9.90. The molecule has 6 heteroatoms. The van der Waals surface area contributed by atoms with Gasteiger partial charge in [0.1, 0.15) is 0 Å². The van der Waals surface area contributed by atoms with E-state index in [1.807, 2.05) is 19.1 Å². The number of aliphatic hydroxyl groups excluding tert-OH is 1. The van der Waals surface area contributed by atoms with Crippen LogP contribution >= 0.6 is 0 Å². The second-order valence-electron chi connectivity index (χ2n) is 6.47. The summed E-state index contributed by atoms with van der Waals surface area (Å²) in [5.74, 6) is -0.304. The Balaban J connectivity index is 2.01. The largest absolute Gasteiger partial charge is 0.388 e. The molecule has 3 rings (SSSR count). The minimum atomic E-state index is -1.19. The lowest BCUT2D eigenvalue weighted by molar-refractivity contribution is -0.0999. The number of aliphatic hydroxyl groups is 2. The van der Waals surface area contributed by atoms with Crippen molar-refractivity contribution < 1.29 is 15.0 Å². The van der Waals surface area contributed by atoms with E-state index in [1.54, 1.807) is 13.0 Å². The average Bonchev–Trinajstić information content (AvgIpc) is 2.49. The summed E-state index contributed by atoms with van der Waals surface area (Å²) in [7, 11) is 0. The Kier molecular flexibility index (Phi) is 3.74. The third kappa shape index (κ3) is 2.87. The van der Waals surface area contributed by atoms with Gasteiger partial charge in [0, 0.05) is 30.1 Å². The van der Waals surface area contributed by atoms with E-state index in [0.717, 1.165) is 5.56 Å². The molecule has 2 aromatic rings. The van der Waals surface area contributed by atoms with Crippen LogP contribution in [0.25, 0.3) is 10.9 Å². The first-order valence-corrected chi connectivity index (χ1v) is 7.61. The SMILES string of the molecule is Cc1ccc2[nH]c(=O)cc(C(=O)N3CC[C@@](C)(O)[C@@H](O)C3)c2c1. The number of pyridine rings is 1. The Hall–Kier alpha value is -2.18. The van der Waals surface area contributed by atoms with E-state index in [0.29, 0.717) is 29.4 Å². The highest BCUT2D eigenvalue weighted by molar-refractivity contribution is 6.06. The quantitative estimate of drug-likeness (QED) is 0.725. The lowest BCUT2D eigenvalue weighted by Crippen LogP contribution is -2.55. The molecule has 1 aliphatic rings. The Morgan fingerprint density at radius 3 is 2.83 bits per heavy atom. The van der Waals surface area contributed by atoms with Gasteiger partial charge in [-0.1, -0.05) is 11.6 Å². The van der Waals surface area contributed by atoms with Crippen molar-refractivity contribution in [3.05, 3.63) is 45.7 Å². The van der Waals surface area contributed by atoms with Crippen LogP contribution in [0.3, 0.4) is 0 Å². The maximum Gasteiger partial charge on any atom is 0.254 e. The van der Waals surface area contributed by atoms with Crippen LogP contribution in [-0.2, 0) is 0 Å². The van der Waals surface area contributed by atoms with Gasteiger partial charge < -0.3 is 20.1 Å². The van der Waals surface area contributed by atoms with Gasteiger partial charge in [0.05, 0.1) is 17.3 Å². The van der Waals surface area contributed by atoms with Crippen molar-refractivity contribution in [1.82, 2.24) is 9.88 Å². The highest BCUT2D eigenvalue weighted by Crippen LogP contribution is 2.25. The van der Waals surface area contributed by atoms with Crippen molar-refractivity contribution in [2.24, 2.45) is 0 Å². The van der Waals surface area contributed by atoms with Crippen LogP contribution in [0.4, 0.5) is 0 Å². The number of hydrogen-bond acceptors (Lipinski definition) is 4. The van der Waals surface area contributed by atoms with Crippen LogP contribution in [0.2, 0.25) is 0 Å². The molecule has 122 valence electrons. The number of carbonyl (C=O) groups is 1. The van der Waals surface area contributed by atoms with Crippen LogP contribution < -0.4 is 5.56 Å². The Morgan fingerprint density at radius 1 is 1.39 bits per heavy atom. The van der Waals surface area contributed by atoms with Crippen molar-refractivity contribution in [1.29, 1.82) is 0 Å². The highest BCUT2D eigenvalue weighted by atomic mass is 16.3. The standard InChI is InChI=1S/C17H20N2O4/c1-10-3-4-13-11(7-10)12(8-15(21)18-13)16(22)19-6-5-17(2,23)14(20)9-19/h3-4,7-8,14,20,23H,5-6,9H2,1-2H3,(H,18,21)/t14-,17+/m0/s1. The summed E-state index contributed by atoms with van der Waals surface area (Å²) in [4.78, 5) is 28.8. The molecular formula is C17H20N2O4.